The van der Waals surface area contributed by atoms with Crippen molar-refractivity contribution in [1.29, 1.82) is 0 Å². The maximum absolute atomic E-state index is 2.52. The van der Waals surface area contributed by atoms with Crippen LogP contribution in [0, 0.1) is 10.8 Å². The van der Waals surface area contributed by atoms with Crippen molar-refractivity contribution in [2.75, 3.05) is 0 Å². The molecule has 0 fully saturated rings. The summed E-state index contributed by atoms with van der Waals surface area (Å²) in [5.74, 6) is 0. The Morgan fingerprint density at radius 3 is 1.46 bits per heavy atom. The summed E-state index contributed by atoms with van der Waals surface area (Å²) < 4.78 is 0. The van der Waals surface area contributed by atoms with Gasteiger partial charge in [-0.1, -0.05) is 85.9 Å². The fraction of sp³-hybridized carbons (Fsp3) is 0.273. The van der Waals surface area contributed by atoms with Crippen LogP contribution in [0.1, 0.15) is 26.7 Å². The number of allylic oxidation sites excluding steroid dienone is 4. The Bertz CT molecular complexity index is 726. The van der Waals surface area contributed by atoms with Gasteiger partial charge in [-0.25, -0.2) is 0 Å². The molecule has 2 aliphatic carbocycles. The van der Waals surface area contributed by atoms with Crippen LogP contribution >= 0.6 is 23.5 Å². The van der Waals surface area contributed by atoms with Gasteiger partial charge in [0.25, 0.3) is 0 Å². The van der Waals surface area contributed by atoms with Gasteiger partial charge in [0.15, 0.2) is 0 Å². The normalized spacial score (nSPS) is 28.4. The molecule has 0 bridgehead atoms. The molecule has 0 radical (unpaired) electrons. The Hall–Kier alpha value is -1.38. The Kier molecular flexibility index (Phi) is 4.14. The van der Waals surface area contributed by atoms with Crippen LogP contribution in [0.5, 0.6) is 0 Å². The molecule has 2 aromatic carbocycles. The topological polar surface area (TPSA) is 0 Å². The van der Waals surface area contributed by atoms with Crippen molar-refractivity contribution in [3.63, 3.8) is 0 Å². The third kappa shape index (κ3) is 2.98. The zero-order valence-corrected chi connectivity index (χ0v) is 15.8. The molecule has 122 valence electrons. The van der Waals surface area contributed by atoms with Gasteiger partial charge in [-0.2, -0.15) is 0 Å². The van der Waals surface area contributed by atoms with Crippen LogP contribution < -0.4 is 0 Å². The molecule has 0 spiro atoms. The summed E-state index contributed by atoms with van der Waals surface area (Å²) in [5, 5.41) is 0. The van der Waals surface area contributed by atoms with E-state index < -0.39 is 0 Å². The van der Waals surface area contributed by atoms with Crippen molar-refractivity contribution in [3.8, 4) is 0 Å². The van der Waals surface area contributed by atoms with Crippen LogP contribution in [0.3, 0.4) is 0 Å². The average Bonchev–Trinajstić information content (AvgIpc) is 2.92. The molecule has 0 N–H and O–H groups in total. The van der Waals surface area contributed by atoms with Gasteiger partial charge in [-0.05, 0) is 52.3 Å². The summed E-state index contributed by atoms with van der Waals surface area (Å²) in [6, 6.07) is 21.5. The van der Waals surface area contributed by atoms with Gasteiger partial charge in [-0.15, -0.1) is 0 Å². The summed E-state index contributed by atoms with van der Waals surface area (Å²) in [5.41, 5.74) is 0.502. The second-order valence-electron chi connectivity index (χ2n) is 7.25. The zero-order valence-electron chi connectivity index (χ0n) is 14.2. The van der Waals surface area contributed by atoms with Crippen LogP contribution in [0.25, 0.3) is 0 Å². The van der Waals surface area contributed by atoms with Gasteiger partial charge in [0.05, 0.1) is 0 Å². The van der Waals surface area contributed by atoms with Crippen LogP contribution in [0.15, 0.2) is 92.4 Å². The first-order valence-electron chi connectivity index (χ1n) is 8.46. The monoisotopic (exact) mass is 350 g/mol. The number of fused-ring (bicyclic) bond motifs is 1. The van der Waals surface area contributed by atoms with Gasteiger partial charge < -0.3 is 0 Å². The Labute approximate surface area is 153 Å². The van der Waals surface area contributed by atoms with E-state index in [9.17, 15) is 0 Å². The predicted molar refractivity (Wildman–Crippen MR) is 106 cm³/mol. The minimum absolute atomic E-state index is 0.182. The Balaban J connectivity index is 1.55. The van der Waals surface area contributed by atoms with E-state index in [2.05, 4.69) is 86.7 Å². The molecule has 0 amide bonds. The van der Waals surface area contributed by atoms with Crippen molar-refractivity contribution in [2.24, 2.45) is 10.8 Å². The van der Waals surface area contributed by atoms with E-state index in [0.29, 0.717) is 5.41 Å². The molecule has 0 heterocycles. The molecular weight excluding hydrogens is 328 g/mol. The molecule has 0 saturated carbocycles. The van der Waals surface area contributed by atoms with Gasteiger partial charge >= 0.3 is 0 Å². The molecule has 0 aromatic heterocycles. The van der Waals surface area contributed by atoms with Crippen molar-refractivity contribution >= 4 is 23.5 Å². The number of hydrogen-bond acceptors (Lipinski definition) is 2. The van der Waals surface area contributed by atoms with E-state index in [1.165, 1.54) is 32.4 Å². The fourth-order valence-corrected chi connectivity index (χ4v) is 6.37. The van der Waals surface area contributed by atoms with E-state index >= 15 is 0 Å². The molecule has 4 rings (SSSR count). The highest BCUT2D eigenvalue weighted by molar-refractivity contribution is 8.03. The minimum Gasteiger partial charge on any atom is -0.0948 e. The molecule has 0 nitrogen and oxygen atoms in total. The first-order valence-corrected chi connectivity index (χ1v) is 10.1. The molecule has 24 heavy (non-hydrogen) atoms. The quantitative estimate of drug-likeness (QED) is 0.574. The van der Waals surface area contributed by atoms with Crippen molar-refractivity contribution in [2.45, 2.75) is 36.5 Å². The molecule has 2 aliphatic rings. The molecular formula is C22H22S2. The second kappa shape index (κ2) is 6.16. The van der Waals surface area contributed by atoms with E-state index in [0.717, 1.165) is 0 Å². The lowest BCUT2D eigenvalue weighted by molar-refractivity contribution is 0.218. The van der Waals surface area contributed by atoms with Crippen LogP contribution in [-0.2, 0) is 0 Å². The smallest absolute Gasteiger partial charge is 0.0118 e. The maximum Gasteiger partial charge on any atom is 0.0118 e. The highest BCUT2D eigenvalue weighted by Gasteiger charge is 2.51. The lowest BCUT2D eigenvalue weighted by Gasteiger charge is -2.33. The highest BCUT2D eigenvalue weighted by atomic mass is 32.2. The van der Waals surface area contributed by atoms with Crippen molar-refractivity contribution < 1.29 is 0 Å². The first kappa shape index (κ1) is 16.1. The molecule has 2 heteroatoms. The summed E-state index contributed by atoms with van der Waals surface area (Å²) in [6.07, 6.45) is 7.39. The van der Waals surface area contributed by atoms with E-state index in [1.54, 1.807) is 0 Å². The van der Waals surface area contributed by atoms with E-state index in [1.807, 2.05) is 23.5 Å². The van der Waals surface area contributed by atoms with E-state index in [-0.39, 0.29) is 5.41 Å². The third-order valence-electron chi connectivity index (χ3n) is 5.34. The number of thioether (sulfide) groups is 2. The van der Waals surface area contributed by atoms with Crippen LogP contribution in [0.2, 0.25) is 0 Å². The Morgan fingerprint density at radius 2 is 1.08 bits per heavy atom. The number of hydrogen-bond donors (Lipinski definition) is 0. The van der Waals surface area contributed by atoms with Gasteiger partial charge in [0.2, 0.25) is 0 Å². The largest absolute Gasteiger partial charge is 0.0948 e. The SMILES string of the molecule is CC12C=C(Sc3ccccc3)CC1(C)CC(Sc1ccccc1)=C2. The Morgan fingerprint density at radius 1 is 0.667 bits per heavy atom. The summed E-state index contributed by atoms with van der Waals surface area (Å²) >= 11 is 3.87. The molecule has 0 unspecified atom stereocenters. The molecule has 0 saturated heterocycles. The standard InChI is InChI=1S/C22H22S2/c1-21-13-19(23-17-9-5-3-6-10-17)15-22(21,2)16-20(14-21)24-18-11-7-4-8-12-18/h3-14H,15-16H2,1-2H3. The average molecular weight is 351 g/mol. The molecule has 0 atom stereocenters. The maximum atomic E-state index is 2.52. The lowest BCUT2D eigenvalue weighted by atomic mass is 9.70. The first-order chi connectivity index (χ1) is 11.6. The molecule has 2 aromatic rings. The zero-order chi connectivity index (χ0) is 16.6. The second-order valence-corrected chi connectivity index (χ2v) is 9.65. The third-order valence-corrected chi connectivity index (χ3v) is 7.40. The van der Waals surface area contributed by atoms with Crippen LogP contribution in [-0.4, -0.2) is 0 Å². The van der Waals surface area contributed by atoms with Gasteiger partial charge in [0.1, 0.15) is 0 Å². The number of benzene rings is 2. The van der Waals surface area contributed by atoms with Crippen LogP contribution in [0.4, 0.5) is 0 Å². The summed E-state index contributed by atoms with van der Waals surface area (Å²) in [6.45, 7) is 4.86. The fourth-order valence-electron chi connectivity index (χ4n) is 3.78. The minimum atomic E-state index is 0.182. The number of rotatable bonds is 4. The predicted octanol–water partition coefficient (Wildman–Crippen LogP) is 7.16. The van der Waals surface area contributed by atoms with Crippen molar-refractivity contribution in [1.82, 2.24) is 0 Å². The van der Waals surface area contributed by atoms with E-state index in [4.69, 9.17) is 0 Å². The summed E-state index contributed by atoms with van der Waals surface area (Å²) in [4.78, 5) is 5.73. The molecule has 0 aliphatic heterocycles. The van der Waals surface area contributed by atoms with Gasteiger partial charge in [0, 0.05) is 15.2 Å². The van der Waals surface area contributed by atoms with Crippen molar-refractivity contribution in [3.05, 3.63) is 82.6 Å². The highest BCUT2D eigenvalue weighted by Crippen LogP contribution is 2.63. The lowest BCUT2D eigenvalue weighted by Crippen LogP contribution is -2.26. The van der Waals surface area contributed by atoms with Gasteiger partial charge in [-0.3, -0.25) is 0 Å². The summed E-state index contributed by atoms with van der Waals surface area (Å²) in [7, 11) is 0.